The fraction of sp³-hybridized carbons (Fsp3) is 1.00. The Hall–Kier alpha value is -0.330. The molecule has 102 valence electrons. The van der Waals surface area contributed by atoms with Crippen LogP contribution < -0.4 is 5.73 Å². The maximum Gasteiger partial charge on any atom is 0.411 e. The number of hydrogen-bond acceptors (Lipinski definition) is 3. The monoisotopic (exact) mass is 255 g/mol. The highest BCUT2D eigenvalue weighted by Crippen LogP contribution is 2.20. The zero-order valence-electron chi connectivity index (χ0n) is 9.84. The molecule has 3 nitrogen and oxygen atoms in total. The minimum absolute atomic E-state index is 0.0890. The van der Waals surface area contributed by atoms with Gasteiger partial charge in [0.2, 0.25) is 0 Å². The summed E-state index contributed by atoms with van der Waals surface area (Å²) in [5.74, 6) is 0. The van der Waals surface area contributed by atoms with Crippen molar-refractivity contribution >= 4 is 0 Å². The highest BCUT2D eigenvalue weighted by molar-refractivity contribution is 4.74. The first-order valence-electron chi connectivity index (χ1n) is 5.99. The van der Waals surface area contributed by atoms with Gasteiger partial charge >= 0.3 is 6.18 Å². The summed E-state index contributed by atoms with van der Waals surface area (Å²) >= 11 is 0. The number of nitrogens with two attached hydrogens (primary N) is 1. The summed E-state index contributed by atoms with van der Waals surface area (Å²) in [6.07, 6.45) is 0.316. The van der Waals surface area contributed by atoms with E-state index in [9.17, 15) is 13.2 Å². The van der Waals surface area contributed by atoms with Crippen molar-refractivity contribution in [2.24, 2.45) is 5.73 Å². The third-order valence-corrected chi connectivity index (χ3v) is 2.77. The molecule has 0 aliphatic heterocycles. The van der Waals surface area contributed by atoms with Gasteiger partial charge in [-0.1, -0.05) is 0 Å². The van der Waals surface area contributed by atoms with Crippen LogP contribution in [-0.2, 0) is 9.47 Å². The molecule has 0 spiro atoms. The molecule has 0 radical (unpaired) electrons. The van der Waals surface area contributed by atoms with Crippen molar-refractivity contribution in [1.29, 1.82) is 0 Å². The highest BCUT2D eigenvalue weighted by atomic mass is 19.4. The van der Waals surface area contributed by atoms with E-state index in [-0.39, 0.29) is 18.8 Å². The largest absolute Gasteiger partial charge is 0.411 e. The van der Waals surface area contributed by atoms with Crippen molar-refractivity contribution in [2.75, 3.05) is 19.8 Å². The highest BCUT2D eigenvalue weighted by Gasteiger charge is 2.27. The Kier molecular flexibility index (Phi) is 6.22. The van der Waals surface area contributed by atoms with E-state index in [1.54, 1.807) is 0 Å². The van der Waals surface area contributed by atoms with Crippen LogP contribution in [0.15, 0.2) is 0 Å². The maximum absolute atomic E-state index is 11.7. The summed E-state index contributed by atoms with van der Waals surface area (Å²) in [6, 6.07) is 0.282. The molecule has 0 atom stereocenters. The van der Waals surface area contributed by atoms with Crippen molar-refractivity contribution in [3.05, 3.63) is 0 Å². The Morgan fingerprint density at radius 3 is 2.29 bits per heavy atom. The third-order valence-electron chi connectivity index (χ3n) is 2.77. The summed E-state index contributed by atoms with van der Waals surface area (Å²) in [5.41, 5.74) is 5.75. The van der Waals surface area contributed by atoms with E-state index in [4.69, 9.17) is 10.5 Å². The van der Waals surface area contributed by atoms with Gasteiger partial charge in [0, 0.05) is 19.3 Å². The minimum atomic E-state index is -4.24. The molecule has 6 heteroatoms. The quantitative estimate of drug-likeness (QED) is 0.740. The van der Waals surface area contributed by atoms with Gasteiger partial charge in [-0.3, -0.25) is 0 Å². The van der Waals surface area contributed by atoms with E-state index in [1.165, 1.54) is 0 Å². The molecule has 1 fully saturated rings. The van der Waals surface area contributed by atoms with Crippen LogP contribution in [0.3, 0.4) is 0 Å². The molecule has 0 unspecified atom stereocenters. The second-order valence-corrected chi connectivity index (χ2v) is 4.43. The molecule has 0 aromatic rings. The van der Waals surface area contributed by atoms with Gasteiger partial charge in [0.05, 0.1) is 6.10 Å². The number of halogens is 3. The Balaban J connectivity index is 1.91. The van der Waals surface area contributed by atoms with Crippen LogP contribution in [0.1, 0.15) is 32.1 Å². The van der Waals surface area contributed by atoms with Crippen molar-refractivity contribution in [3.8, 4) is 0 Å². The minimum Gasteiger partial charge on any atom is -0.378 e. The lowest BCUT2D eigenvalue weighted by molar-refractivity contribution is -0.174. The third kappa shape index (κ3) is 7.57. The van der Waals surface area contributed by atoms with Crippen LogP contribution in [0.5, 0.6) is 0 Å². The second-order valence-electron chi connectivity index (χ2n) is 4.43. The molecule has 0 heterocycles. The van der Waals surface area contributed by atoms with Crippen LogP contribution in [0.4, 0.5) is 13.2 Å². The summed E-state index contributed by atoms with van der Waals surface area (Å²) in [4.78, 5) is 0. The summed E-state index contributed by atoms with van der Waals surface area (Å²) < 4.78 is 45.2. The standard InChI is InChI=1S/C11H20F3NO2/c12-11(13,14)8-16-6-1-7-17-10-4-2-9(15)3-5-10/h9-10H,1-8,15H2. The topological polar surface area (TPSA) is 44.5 Å². The predicted molar refractivity (Wildman–Crippen MR) is 57.7 cm³/mol. The van der Waals surface area contributed by atoms with Gasteiger partial charge in [0.15, 0.2) is 0 Å². The summed E-state index contributed by atoms with van der Waals surface area (Å²) in [5, 5.41) is 0. The fourth-order valence-electron chi connectivity index (χ4n) is 1.85. The molecule has 1 aliphatic rings. The number of hydrogen-bond donors (Lipinski definition) is 1. The van der Waals surface area contributed by atoms with Crippen molar-refractivity contribution in [3.63, 3.8) is 0 Å². The van der Waals surface area contributed by atoms with Crippen LogP contribution in [-0.4, -0.2) is 38.1 Å². The summed E-state index contributed by atoms with van der Waals surface area (Å²) in [7, 11) is 0. The molecule has 0 aromatic carbocycles. The fourth-order valence-corrected chi connectivity index (χ4v) is 1.85. The molecule has 0 saturated heterocycles. The first kappa shape index (κ1) is 14.7. The van der Waals surface area contributed by atoms with E-state index in [2.05, 4.69) is 4.74 Å². The molecule has 17 heavy (non-hydrogen) atoms. The normalized spacial score (nSPS) is 26.1. The molecule has 0 amide bonds. The van der Waals surface area contributed by atoms with Crippen molar-refractivity contribution in [2.45, 2.75) is 50.4 Å². The Labute approximate surface area is 99.4 Å². The van der Waals surface area contributed by atoms with Gasteiger partial charge in [-0.2, -0.15) is 13.2 Å². The lowest BCUT2D eigenvalue weighted by atomic mass is 9.94. The van der Waals surface area contributed by atoms with Gasteiger partial charge in [0.25, 0.3) is 0 Å². The molecule has 2 N–H and O–H groups in total. The lowest BCUT2D eigenvalue weighted by Gasteiger charge is -2.26. The van der Waals surface area contributed by atoms with Crippen LogP contribution in [0.25, 0.3) is 0 Å². The zero-order valence-corrected chi connectivity index (χ0v) is 9.84. The van der Waals surface area contributed by atoms with Crippen molar-refractivity contribution in [1.82, 2.24) is 0 Å². The Morgan fingerprint density at radius 1 is 1.06 bits per heavy atom. The Morgan fingerprint density at radius 2 is 1.71 bits per heavy atom. The van der Waals surface area contributed by atoms with E-state index >= 15 is 0 Å². The number of ether oxygens (including phenoxy) is 2. The van der Waals surface area contributed by atoms with E-state index in [0.29, 0.717) is 13.0 Å². The average Bonchev–Trinajstić information content (AvgIpc) is 2.24. The van der Waals surface area contributed by atoms with E-state index < -0.39 is 12.8 Å². The van der Waals surface area contributed by atoms with Crippen LogP contribution in [0.2, 0.25) is 0 Å². The molecule has 0 bridgehead atoms. The zero-order chi connectivity index (χ0) is 12.7. The molecule has 1 rings (SSSR count). The van der Waals surface area contributed by atoms with Gasteiger partial charge in [-0.25, -0.2) is 0 Å². The SMILES string of the molecule is NC1CCC(OCCCOCC(F)(F)F)CC1. The molecular weight excluding hydrogens is 235 g/mol. The van der Waals surface area contributed by atoms with Gasteiger partial charge in [-0.15, -0.1) is 0 Å². The molecule has 1 aliphatic carbocycles. The van der Waals surface area contributed by atoms with Crippen LogP contribution in [0, 0.1) is 0 Å². The van der Waals surface area contributed by atoms with E-state index in [0.717, 1.165) is 25.7 Å². The van der Waals surface area contributed by atoms with Gasteiger partial charge in [-0.05, 0) is 32.1 Å². The predicted octanol–water partition coefficient (Wildman–Crippen LogP) is 2.24. The lowest BCUT2D eigenvalue weighted by Crippen LogP contribution is -2.30. The van der Waals surface area contributed by atoms with Gasteiger partial charge < -0.3 is 15.2 Å². The first-order chi connectivity index (χ1) is 7.97. The smallest absolute Gasteiger partial charge is 0.378 e. The number of alkyl halides is 3. The maximum atomic E-state index is 11.7. The van der Waals surface area contributed by atoms with Gasteiger partial charge in [0.1, 0.15) is 6.61 Å². The average molecular weight is 255 g/mol. The molecular formula is C11H20F3NO2. The first-order valence-corrected chi connectivity index (χ1v) is 5.99. The van der Waals surface area contributed by atoms with Crippen molar-refractivity contribution < 1.29 is 22.6 Å². The number of rotatable bonds is 6. The molecule has 0 aromatic heterocycles. The second kappa shape index (κ2) is 7.18. The summed E-state index contributed by atoms with van der Waals surface area (Å²) in [6.45, 7) is -0.630. The van der Waals surface area contributed by atoms with Crippen LogP contribution >= 0.6 is 0 Å². The molecule has 1 saturated carbocycles. The van der Waals surface area contributed by atoms with E-state index in [1.807, 2.05) is 0 Å². The Bertz CT molecular complexity index is 203.